The van der Waals surface area contributed by atoms with Gasteiger partial charge in [-0.2, -0.15) is 9.65 Å². The SMILES string of the molecule is C=C(F)C(=O)OC(C)C#N. The van der Waals surface area contributed by atoms with E-state index in [0.29, 0.717) is 0 Å². The van der Waals surface area contributed by atoms with Crippen molar-refractivity contribution < 1.29 is 13.9 Å². The molecular weight excluding hydrogens is 137 g/mol. The van der Waals surface area contributed by atoms with Crippen LogP contribution in [0.4, 0.5) is 4.39 Å². The molecule has 0 bridgehead atoms. The van der Waals surface area contributed by atoms with Gasteiger partial charge in [0, 0.05) is 0 Å². The Hall–Kier alpha value is -1.37. The van der Waals surface area contributed by atoms with E-state index in [9.17, 15) is 9.18 Å². The molecule has 1 unspecified atom stereocenters. The average Bonchev–Trinajstić information content (AvgIpc) is 1.87. The van der Waals surface area contributed by atoms with Crippen LogP contribution in [0.25, 0.3) is 0 Å². The molecule has 0 fully saturated rings. The highest BCUT2D eigenvalue weighted by Crippen LogP contribution is 1.98. The Morgan fingerprint density at radius 2 is 2.40 bits per heavy atom. The van der Waals surface area contributed by atoms with Crippen LogP contribution in [-0.4, -0.2) is 12.1 Å². The largest absolute Gasteiger partial charge is 0.442 e. The maximum atomic E-state index is 11.8. The standard InChI is InChI=1S/C6H6FNO2/c1-4(3-8)10-6(9)5(2)7/h4H,2H2,1H3. The fraction of sp³-hybridized carbons (Fsp3) is 0.333. The van der Waals surface area contributed by atoms with Crippen molar-refractivity contribution in [1.82, 2.24) is 0 Å². The highest BCUT2D eigenvalue weighted by Gasteiger charge is 2.10. The summed E-state index contributed by atoms with van der Waals surface area (Å²) >= 11 is 0. The molecule has 0 amide bonds. The van der Waals surface area contributed by atoms with E-state index < -0.39 is 17.9 Å². The first kappa shape index (κ1) is 8.63. The lowest BCUT2D eigenvalue weighted by Gasteiger charge is -2.01. The predicted octanol–water partition coefficient (Wildman–Crippen LogP) is 0.925. The third-order valence-corrected chi connectivity index (χ3v) is 0.687. The van der Waals surface area contributed by atoms with E-state index in [2.05, 4.69) is 11.3 Å². The summed E-state index contributed by atoms with van der Waals surface area (Å²) in [5.41, 5.74) is 0. The fourth-order valence-electron chi connectivity index (χ4n) is 0.251. The zero-order valence-electron chi connectivity index (χ0n) is 5.43. The Bertz CT molecular complexity index is 194. The number of esters is 1. The Labute approximate surface area is 57.7 Å². The van der Waals surface area contributed by atoms with Crippen LogP contribution in [0.15, 0.2) is 12.4 Å². The molecule has 0 radical (unpaired) electrons. The molecular formula is C6H6FNO2. The van der Waals surface area contributed by atoms with Crippen molar-refractivity contribution in [2.24, 2.45) is 0 Å². The molecule has 0 rings (SSSR count). The van der Waals surface area contributed by atoms with Gasteiger partial charge in [0.1, 0.15) is 6.07 Å². The predicted molar refractivity (Wildman–Crippen MR) is 31.4 cm³/mol. The Morgan fingerprint density at radius 1 is 1.90 bits per heavy atom. The first-order valence-electron chi connectivity index (χ1n) is 2.53. The van der Waals surface area contributed by atoms with Gasteiger partial charge in [0.15, 0.2) is 6.10 Å². The zero-order valence-corrected chi connectivity index (χ0v) is 5.43. The van der Waals surface area contributed by atoms with E-state index in [-0.39, 0.29) is 0 Å². The number of halogens is 1. The third kappa shape index (κ3) is 2.82. The summed E-state index contributed by atoms with van der Waals surface area (Å²) in [7, 11) is 0. The lowest BCUT2D eigenvalue weighted by molar-refractivity contribution is -0.142. The molecule has 0 aliphatic heterocycles. The zero-order chi connectivity index (χ0) is 8.15. The maximum Gasteiger partial charge on any atom is 0.367 e. The molecule has 0 aromatic carbocycles. The normalized spacial score (nSPS) is 11.3. The first-order valence-corrected chi connectivity index (χ1v) is 2.53. The van der Waals surface area contributed by atoms with Crippen molar-refractivity contribution in [2.75, 3.05) is 0 Å². The molecule has 0 saturated carbocycles. The lowest BCUT2D eigenvalue weighted by atomic mass is 10.4. The molecule has 1 atom stereocenters. The van der Waals surface area contributed by atoms with Gasteiger partial charge in [-0.25, -0.2) is 4.79 Å². The molecule has 3 nitrogen and oxygen atoms in total. The van der Waals surface area contributed by atoms with Crippen LogP contribution in [-0.2, 0) is 9.53 Å². The molecule has 0 heterocycles. The van der Waals surface area contributed by atoms with E-state index in [1.807, 2.05) is 0 Å². The summed E-state index contributed by atoms with van der Waals surface area (Å²) in [5.74, 6) is -2.38. The van der Waals surface area contributed by atoms with E-state index in [0.717, 1.165) is 0 Å². The van der Waals surface area contributed by atoms with Gasteiger partial charge in [0.05, 0.1) is 0 Å². The van der Waals surface area contributed by atoms with Crippen molar-refractivity contribution >= 4 is 5.97 Å². The number of carbonyl (C=O) groups is 1. The van der Waals surface area contributed by atoms with Gasteiger partial charge in [0.25, 0.3) is 0 Å². The second-order valence-corrected chi connectivity index (χ2v) is 1.58. The van der Waals surface area contributed by atoms with Crippen molar-refractivity contribution in [3.05, 3.63) is 12.4 Å². The minimum absolute atomic E-state index is 0.931. The van der Waals surface area contributed by atoms with Gasteiger partial charge < -0.3 is 4.74 Å². The summed E-state index contributed by atoms with van der Waals surface area (Å²) < 4.78 is 16.0. The monoisotopic (exact) mass is 143 g/mol. The van der Waals surface area contributed by atoms with Crippen LogP contribution in [0.1, 0.15) is 6.92 Å². The molecule has 0 N–H and O–H groups in total. The second-order valence-electron chi connectivity index (χ2n) is 1.58. The summed E-state index contributed by atoms with van der Waals surface area (Å²) in [6, 6.07) is 1.60. The molecule has 4 heteroatoms. The quantitative estimate of drug-likeness (QED) is 0.426. The molecule has 10 heavy (non-hydrogen) atoms. The van der Waals surface area contributed by atoms with Crippen molar-refractivity contribution in [1.29, 1.82) is 5.26 Å². The van der Waals surface area contributed by atoms with Crippen molar-refractivity contribution in [3.8, 4) is 6.07 Å². The number of nitriles is 1. The van der Waals surface area contributed by atoms with Gasteiger partial charge in [-0.15, -0.1) is 0 Å². The number of hydrogen-bond donors (Lipinski definition) is 0. The molecule has 0 aromatic heterocycles. The van der Waals surface area contributed by atoms with Gasteiger partial charge in [-0.05, 0) is 6.92 Å². The minimum Gasteiger partial charge on any atom is -0.442 e. The van der Waals surface area contributed by atoms with Gasteiger partial charge in [-0.1, -0.05) is 6.58 Å². The fourth-order valence-corrected chi connectivity index (χ4v) is 0.251. The summed E-state index contributed by atoms with van der Waals surface area (Å²) in [4.78, 5) is 10.3. The van der Waals surface area contributed by atoms with Crippen LogP contribution in [0.3, 0.4) is 0 Å². The highest BCUT2D eigenvalue weighted by molar-refractivity contribution is 5.85. The summed E-state index contributed by atoms with van der Waals surface area (Å²) in [6.45, 7) is 4.03. The molecule has 54 valence electrons. The van der Waals surface area contributed by atoms with E-state index in [4.69, 9.17) is 5.26 Å². The topological polar surface area (TPSA) is 50.1 Å². The Morgan fingerprint density at radius 3 is 2.70 bits per heavy atom. The van der Waals surface area contributed by atoms with Crippen LogP contribution < -0.4 is 0 Å². The number of hydrogen-bond acceptors (Lipinski definition) is 3. The lowest BCUT2D eigenvalue weighted by Crippen LogP contribution is -2.12. The highest BCUT2D eigenvalue weighted by atomic mass is 19.1. The van der Waals surface area contributed by atoms with Crippen LogP contribution >= 0.6 is 0 Å². The molecule has 0 aliphatic rings. The van der Waals surface area contributed by atoms with Gasteiger partial charge in [-0.3, -0.25) is 0 Å². The summed E-state index contributed by atoms with van der Waals surface area (Å²) in [6.07, 6.45) is -0.931. The number of rotatable bonds is 2. The van der Waals surface area contributed by atoms with Crippen LogP contribution in [0, 0.1) is 11.3 Å². The van der Waals surface area contributed by atoms with Crippen LogP contribution in [0.5, 0.6) is 0 Å². The molecule has 0 saturated heterocycles. The van der Waals surface area contributed by atoms with Gasteiger partial charge >= 0.3 is 5.97 Å². The van der Waals surface area contributed by atoms with Crippen molar-refractivity contribution in [2.45, 2.75) is 13.0 Å². The Kier molecular flexibility index (Phi) is 3.12. The first-order chi connectivity index (χ1) is 4.57. The van der Waals surface area contributed by atoms with Crippen LogP contribution in [0.2, 0.25) is 0 Å². The van der Waals surface area contributed by atoms with Gasteiger partial charge in [0.2, 0.25) is 5.83 Å². The minimum atomic E-state index is -1.19. The molecule has 0 aromatic rings. The second kappa shape index (κ2) is 3.62. The van der Waals surface area contributed by atoms with Crippen molar-refractivity contribution in [3.63, 3.8) is 0 Å². The summed E-state index contributed by atoms with van der Waals surface area (Å²) in [5, 5.41) is 8.09. The Balaban J connectivity index is 3.83. The number of nitrogens with zero attached hydrogens (tertiary/aromatic N) is 1. The van der Waals surface area contributed by atoms with E-state index in [1.165, 1.54) is 6.92 Å². The average molecular weight is 143 g/mol. The van der Waals surface area contributed by atoms with E-state index in [1.54, 1.807) is 6.07 Å². The molecule has 0 aliphatic carbocycles. The number of ether oxygens (including phenoxy) is 1. The smallest absolute Gasteiger partial charge is 0.367 e. The maximum absolute atomic E-state index is 11.8. The number of carbonyl (C=O) groups excluding carboxylic acids is 1. The molecule has 0 spiro atoms. The van der Waals surface area contributed by atoms with E-state index >= 15 is 0 Å². The third-order valence-electron chi connectivity index (χ3n) is 0.687.